The molecule has 3 rings (SSSR count). The zero-order valence-corrected chi connectivity index (χ0v) is 13.9. The molecule has 0 saturated carbocycles. The van der Waals surface area contributed by atoms with Gasteiger partial charge in [0.15, 0.2) is 0 Å². The molecule has 2 aliphatic rings. The summed E-state index contributed by atoms with van der Waals surface area (Å²) in [5.41, 5.74) is 0.756. The summed E-state index contributed by atoms with van der Waals surface area (Å²) in [6.45, 7) is 3.97. The van der Waals surface area contributed by atoms with Crippen molar-refractivity contribution in [3.8, 4) is 0 Å². The molecule has 0 unspecified atom stereocenters. The maximum atomic E-state index is 13.2. The van der Waals surface area contributed by atoms with Crippen molar-refractivity contribution in [2.75, 3.05) is 39.5 Å². The number of nitrogens with one attached hydrogen (secondary N) is 1. The first kappa shape index (κ1) is 17.3. The van der Waals surface area contributed by atoms with Crippen LogP contribution in [0.3, 0.4) is 0 Å². The van der Waals surface area contributed by atoms with Crippen LogP contribution >= 0.6 is 0 Å². The molecule has 0 radical (unpaired) electrons. The minimum atomic E-state index is -0.259. The number of ether oxygens (including phenoxy) is 1. The third-order valence-corrected chi connectivity index (χ3v) is 4.85. The first-order chi connectivity index (χ1) is 11.7. The van der Waals surface area contributed by atoms with Crippen molar-refractivity contribution in [2.24, 2.45) is 0 Å². The molecule has 1 aromatic rings. The lowest BCUT2D eigenvalue weighted by Crippen LogP contribution is -2.42. The fourth-order valence-corrected chi connectivity index (χ4v) is 3.29. The van der Waals surface area contributed by atoms with E-state index in [2.05, 4.69) is 5.32 Å². The van der Waals surface area contributed by atoms with Gasteiger partial charge >= 0.3 is 0 Å². The Morgan fingerprint density at radius 3 is 2.75 bits per heavy atom. The van der Waals surface area contributed by atoms with Gasteiger partial charge in [0.05, 0.1) is 13.2 Å². The van der Waals surface area contributed by atoms with Gasteiger partial charge in [0.2, 0.25) is 5.91 Å². The van der Waals surface area contributed by atoms with E-state index < -0.39 is 0 Å². The van der Waals surface area contributed by atoms with E-state index in [0.717, 1.165) is 38.0 Å². The van der Waals surface area contributed by atoms with Crippen molar-refractivity contribution in [1.29, 1.82) is 0 Å². The minimum Gasteiger partial charge on any atom is -0.380 e. The smallest absolute Gasteiger partial charge is 0.221 e. The number of carbonyl (C=O) groups excluding carboxylic acids is 1. The Hall–Kier alpha value is -1.50. The molecule has 1 atom stereocenters. The lowest BCUT2D eigenvalue weighted by Gasteiger charge is -2.29. The number of halogens is 1. The fraction of sp³-hybridized carbons (Fsp3) is 0.611. The summed E-state index contributed by atoms with van der Waals surface area (Å²) in [5, 5.41) is 4.90. The molecule has 2 fully saturated rings. The van der Waals surface area contributed by atoms with Gasteiger partial charge in [-0.05, 0) is 37.0 Å². The highest BCUT2D eigenvalue weighted by Crippen LogP contribution is 2.32. The van der Waals surface area contributed by atoms with Gasteiger partial charge in [-0.1, -0.05) is 12.1 Å². The minimum absolute atomic E-state index is 0.0116. The predicted molar refractivity (Wildman–Crippen MR) is 87.9 cm³/mol. The van der Waals surface area contributed by atoms with Crippen molar-refractivity contribution < 1.29 is 18.8 Å². The Morgan fingerprint density at radius 1 is 1.25 bits per heavy atom. The number of benzene rings is 1. The number of hydrogen-bond donors (Lipinski definition) is 1. The van der Waals surface area contributed by atoms with Gasteiger partial charge in [0.1, 0.15) is 5.82 Å². The van der Waals surface area contributed by atoms with Crippen molar-refractivity contribution in [2.45, 2.75) is 31.1 Å². The van der Waals surface area contributed by atoms with E-state index in [4.69, 9.17) is 9.57 Å². The molecule has 1 aromatic carbocycles. The van der Waals surface area contributed by atoms with Crippen LogP contribution in [0.4, 0.5) is 4.39 Å². The molecule has 5 nitrogen and oxygen atoms in total. The second kappa shape index (κ2) is 8.05. The summed E-state index contributed by atoms with van der Waals surface area (Å²) in [7, 11) is 0. The summed E-state index contributed by atoms with van der Waals surface area (Å²) in [5.74, 6) is -0.240. The summed E-state index contributed by atoms with van der Waals surface area (Å²) in [6, 6.07) is 6.51. The SMILES string of the molecule is O=C(CCN1CCCCO1)NC[C@@]1(c2ccc(F)cc2)CCOC1. The highest BCUT2D eigenvalue weighted by atomic mass is 19.1. The average Bonchev–Trinajstić information content (AvgIpc) is 3.10. The van der Waals surface area contributed by atoms with Crippen molar-refractivity contribution in [3.63, 3.8) is 0 Å². The number of carbonyl (C=O) groups is 1. The maximum absolute atomic E-state index is 13.2. The van der Waals surface area contributed by atoms with Crippen LogP contribution in [0.1, 0.15) is 31.2 Å². The predicted octanol–water partition coefficient (Wildman–Crippen LogP) is 2.02. The van der Waals surface area contributed by atoms with Crippen LogP contribution in [-0.2, 0) is 19.8 Å². The van der Waals surface area contributed by atoms with Crippen molar-refractivity contribution in [3.05, 3.63) is 35.6 Å². The largest absolute Gasteiger partial charge is 0.380 e. The van der Waals surface area contributed by atoms with Gasteiger partial charge in [-0.25, -0.2) is 4.39 Å². The number of hydrogen-bond acceptors (Lipinski definition) is 4. The summed E-state index contributed by atoms with van der Waals surface area (Å²) in [6.07, 6.45) is 3.45. The topological polar surface area (TPSA) is 50.8 Å². The highest BCUT2D eigenvalue weighted by Gasteiger charge is 2.37. The Bertz CT molecular complexity index is 538. The molecule has 6 heteroatoms. The molecule has 132 valence electrons. The molecule has 0 aliphatic carbocycles. The Balaban J connectivity index is 1.52. The molecule has 2 saturated heterocycles. The molecule has 2 heterocycles. The third kappa shape index (κ3) is 4.32. The third-order valence-electron chi connectivity index (χ3n) is 4.85. The first-order valence-electron chi connectivity index (χ1n) is 8.66. The molecule has 24 heavy (non-hydrogen) atoms. The van der Waals surface area contributed by atoms with Crippen LogP contribution in [-0.4, -0.2) is 50.4 Å². The quantitative estimate of drug-likeness (QED) is 0.863. The summed E-state index contributed by atoms with van der Waals surface area (Å²) < 4.78 is 18.7. The second-order valence-corrected chi connectivity index (χ2v) is 6.59. The van der Waals surface area contributed by atoms with Crippen LogP contribution in [0.5, 0.6) is 0 Å². The molecule has 0 aromatic heterocycles. The van der Waals surface area contributed by atoms with E-state index >= 15 is 0 Å². The fourth-order valence-electron chi connectivity index (χ4n) is 3.29. The molecule has 0 spiro atoms. The van der Waals surface area contributed by atoms with E-state index in [0.29, 0.717) is 32.7 Å². The number of rotatable bonds is 6. The van der Waals surface area contributed by atoms with Crippen LogP contribution in [0, 0.1) is 5.82 Å². The molecule has 1 N–H and O–H groups in total. The zero-order chi connectivity index (χ0) is 16.8. The van der Waals surface area contributed by atoms with E-state index in [1.165, 1.54) is 12.1 Å². The Morgan fingerprint density at radius 2 is 2.08 bits per heavy atom. The molecule has 2 aliphatic heterocycles. The number of amides is 1. The van der Waals surface area contributed by atoms with Crippen LogP contribution < -0.4 is 5.32 Å². The number of nitrogens with zero attached hydrogens (tertiary/aromatic N) is 1. The van der Waals surface area contributed by atoms with Gasteiger partial charge in [-0.3, -0.25) is 9.63 Å². The first-order valence-corrected chi connectivity index (χ1v) is 8.66. The zero-order valence-electron chi connectivity index (χ0n) is 13.9. The van der Waals surface area contributed by atoms with Gasteiger partial charge in [-0.2, -0.15) is 5.06 Å². The standard InChI is InChI=1S/C18H25FN2O3/c19-16-5-3-15(4-6-16)18(8-12-23-14-18)13-20-17(22)7-10-21-9-1-2-11-24-21/h3-6H,1-2,7-14H2,(H,20,22)/t18-/m0/s1. The lowest BCUT2D eigenvalue weighted by atomic mass is 9.79. The normalized spacial score (nSPS) is 24.9. The summed E-state index contributed by atoms with van der Waals surface area (Å²) >= 11 is 0. The Labute approximate surface area is 142 Å². The van der Waals surface area contributed by atoms with E-state index in [1.807, 2.05) is 5.06 Å². The van der Waals surface area contributed by atoms with E-state index in [-0.39, 0.29) is 17.1 Å². The van der Waals surface area contributed by atoms with E-state index in [9.17, 15) is 9.18 Å². The number of hydroxylamine groups is 2. The molecule has 0 bridgehead atoms. The lowest BCUT2D eigenvalue weighted by molar-refractivity contribution is -0.181. The van der Waals surface area contributed by atoms with Gasteiger partial charge in [-0.15, -0.1) is 0 Å². The van der Waals surface area contributed by atoms with Crippen LogP contribution in [0.15, 0.2) is 24.3 Å². The molecule has 1 amide bonds. The highest BCUT2D eigenvalue weighted by molar-refractivity contribution is 5.76. The monoisotopic (exact) mass is 336 g/mol. The average molecular weight is 336 g/mol. The van der Waals surface area contributed by atoms with Crippen molar-refractivity contribution >= 4 is 5.91 Å². The van der Waals surface area contributed by atoms with Gasteiger partial charge in [0, 0.05) is 38.1 Å². The Kier molecular flexibility index (Phi) is 5.81. The van der Waals surface area contributed by atoms with Crippen LogP contribution in [0.25, 0.3) is 0 Å². The second-order valence-electron chi connectivity index (χ2n) is 6.59. The molecular weight excluding hydrogens is 311 g/mol. The maximum Gasteiger partial charge on any atom is 0.221 e. The van der Waals surface area contributed by atoms with Gasteiger partial charge < -0.3 is 10.1 Å². The van der Waals surface area contributed by atoms with Crippen LogP contribution in [0.2, 0.25) is 0 Å². The van der Waals surface area contributed by atoms with Crippen molar-refractivity contribution in [1.82, 2.24) is 10.4 Å². The van der Waals surface area contributed by atoms with Gasteiger partial charge in [0.25, 0.3) is 0 Å². The summed E-state index contributed by atoms with van der Waals surface area (Å²) in [4.78, 5) is 17.7. The van der Waals surface area contributed by atoms with E-state index in [1.54, 1.807) is 12.1 Å². The molecular formula is C18H25FN2O3.